The van der Waals surface area contributed by atoms with E-state index in [-0.39, 0.29) is 32.3 Å². The Kier molecular flexibility index (Phi) is 6.63. The molecule has 3 aromatic rings. The predicted octanol–water partition coefficient (Wildman–Crippen LogP) is 6.76. The molecule has 1 aliphatic heterocycles. The molecule has 4 rings (SSSR count). The molecule has 0 saturated heterocycles. The minimum absolute atomic E-state index is 0.0100. The first-order chi connectivity index (χ1) is 16.7. The van der Waals surface area contributed by atoms with E-state index >= 15 is 0 Å². The fraction of sp³-hybridized carbons (Fsp3) is 0.217. The first-order valence-corrected chi connectivity index (χ1v) is 12.0. The van der Waals surface area contributed by atoms with Gasteiger partial charge in [0, 0.05) is 18.1 Å². The summed E-state index contributed by atoms with van der Waals surface area (Å²) in [6.07, 6.45) is -10.7. The molecule has 0 radical (unpaired) electrons. The molecule has 3 aromatic carbocycles. The number of nitrogens with zero attached hydrogens (tertiary/aromatic N) is 1. The van der Waals surface area contributed by atoms with Gasteiger partial charge in [0.25, 0.3) is 10.0 Å². The molecule has 0 aromatic heterocycles. The van der Waals surface area contributed by atoms with Gasteiger partial charge in [-0.1, -0.05) is 29.8 Å². The van der Waals surface area contributed by atoms with Gasteiger partial charge in [0.1, 0.15) is 24.2 Å². The Hall–Kier alpha value is -2.99. The van der Waals surface area contributed by atoms with Crippen LogP contribution in [0.5, 0.6) is 5.75 Å². The van der Waals surface area contributed by atoms with Gasteiger partial charge < -0.3 is 4.74 Å². The van der Waals surface area contributed by atoms with Crippen LogP contribution in [-0.4, -0.2) is 20.6 Å². The highest BCUT2D eigenvalue weighted by Gasteiger charge is 2.52. The van der Waals surface area contributed by atoms with E-state index in [1.807, 2.05) is 0 Å². The number of hydrogen-bond acceptors (Lipinski definition) is 3. The highest BCUT2D eigenvalue weighted by atomic mass is 35.5. The zero-order valence-corrected chi connectivity index (χ0v) is 19.4. The van der Waals surface area contributed by atoms with E-state index in [1.165, 1.54) is 24.3 Å². The van der Waals surface area contributed by atoms with Crippen LogP contribution in [0.25, 0.3) is 0 Å². The van der Waals surface area contributed by atoms with Crippen LogP contribution in [-0.2, 0) is 29.2 Å². The normalized spacial score (nSPS) is 16.2. The Bertz CT molecular complexity index is 1390. The maximum atomic E-state index is 14.0. The van der Waals surface area contributed by atoms with E-state index in [9.17, 15) is 39.2 Å². The highest BCUT2D eigenvalue weighted by molar-refractivity contribution is 7.92. The Morgan fingerprint density at radius 2 is 1.67 bits per heavy atom. The summed E-state index contributed by atoms with van der Waals surface area (Å²) in [5, 5.41) is 0.0436. The topological polar surface area (TPSA) is 46.6 Å². The molecule has 4 nitrogen and oxygen atoms in total. The third-order valence-corrected chi connectivity index (χ3v) is 7.70. The fourth-order valence-corrected chi connectivity index (χ4v) is 5.72. The van der Waals surface area contributed by atoms with Gasteiger partial charge in [0.2, 0.25) is 0 Å². The second-order valence-corrected chi connectivity index (χ2v) is 10.1. The SMILES string of the molecule is O=S(=O)(c1cccc(C(F)(F)F)c1)N1c2cc(OCc3c(F)cccc3Cl)ccc2CC1C(F)(F)F. The average molecular weight is 554 g/mol. The first-order valence-electron chi connectivity index (χ1n) is 10.2. The van der Waals surface area contributed by atoms with Crippen molar-refractivity contribution < 1.29 is 43.9 Å². The molecule has 36 heavy (non-hydrogen) atoms. The van der Waals surface area contributed by atoms with Gasteiger partial charge in [0.05, 0.1) is 21.2 Å². The highest BCUT2D eigenvalue weighted by Crippen LogP contribution is 2.45. The molecule has 0 saturated carbocycles. The van der Waals surface area contributed by atoms with E-state index < -0.39 is 63.4 Å². The van der Waals surface area contributed by atoms with Crippen LogP contribution >= 0.6 is 11.6 Å². The van der Waals surface area contributed by atoms with Crippen LogP contribution in [0.15, 0.2) is 65.6 Å². The van der Waals surface area contributed by atoms with E-state index in [4.69, 9.17) is 16.3 Å². The molecule has 1 unspecified atom stereocenters. The molecule has 0 amide bonds. The third kappa shape index (κ3) is 4.96. The van der Waals surface area contributed by atoms with Crippen molar-refractivity contribution in [3.63, 3.8) is 0 Å². The summed E-state index contributed by atoms with van der Waals surface area (Å²) >= 11 is 5.94. The number of alkyl halides is 6. The van der Waals surface area contributed by atoms with Crippen molar-refractivity contribution in [2.45, 2.75) is 36.3 Å². The standard InChI is InChI=1S/C23H15ClF7NO3S/c24-18-5-2-6-19(25)17(18)12-35-15-8-7-13-9-21(23(29,30)31)32(20(13)11-15)36(33,34)16-4-1-3-14(10-16)22(26,27)28/h1-8,10-11,21H,9,12H2. The van der Waals surface area contributed by atoms with Gasteiger partial charge in [-0.25, -0.2) is 12.8 Å². The van der Waals surface area contributed by atoms with Gasteiger partial charge in [0.15, 0.2) is 0 Å². The lowest BCUT2D eigenvalue weighted by Crippen LogP contribution is -2.46. The molecule has 1 heterocycles. The number of anilines is 1. The van der Waals surface area contributed by atoms with Crippen molar-refractivity contribution in [1.29, 1.82) is 0 Å². The molecular weight excluding hydrogens is 539 g/mol. The van der Waals surface area contributed by atoms with Crippen LogP contribution < -0.4 is 9.04 Å². The van der Waals surface area contributed by atoms with Crippen LogP contribution in [0.3, 0.4) is 0 Å². The van der Waals surface area contributed by atoms with Gasteiger partial charge in [-0.05, 0) is 42.0 Å². The number of rotatable bonds is 5. The van der Waals surface area contributed by atoms with Crippen LogP contribution in [0.1, 0.15) is 16.7 Å². The lowest BCUT2D eigenvalue weighted by molar-refractivity contribution is -0.144. The van der Waals surface area contributed by atoms with Gasteiger partial charge in [-0.3, -0.25) is 4.31 Å². The van der Waals surface area contributed by atoms with Crippen molar-refractivity contribution in [2.24, 2.45) is 0 Å². The summed E-state index contributed by atoms with van der Waals surface area (Å²) < 4.78 is 127. The van der Waals surface area contributed by atoms with Crippen LogP contribution in [0.2, 0.25) is 5.02 Å². The van der Waals surface area contributed by atoms with Crippen molar-refractivity contribution in [1.82, 2.24) is 0 Å². The molecule has 1 aliphatic rings. The number of ether oxygens (including phenoxy) is 1. The number of halogens is 8. The molecule has 192 valence electrons. The van der Waals surface area contributed by atoms with Gasteiger partial charge in [-0.15, -0.1) is 0 Å². The molecule has 1 atom stereocenters. The molecular formula is C23H15ClF7NO3S. The van der Waals surface area contributed by atoms with Crippen molar-refractivity contribution in [2.75, 3.05) is 4.31 Å². The Labute approximate surface area is 205 Å². The smallest absolute Gasteiger partial charge is 0.416 e. The fourth-order valence-electron chi connectivity index (χ4n) is 3.79. The summed E-state index contributed by atoms with van der Waals surface area (Å²) in [4.78, 5) is -0.955. The monoisotopic (exact) mass is 553 g/mol. The maximum absolute atomic E-state index is 14.0. The minimum atomic E-state index is -5.09. The second-order valence-electron chi connectivity index (χ2n) is 7.87. The molecule has 0 aliphatic carbocycles. The minimum Gasteiger partial charge on any atom is -0.489 e. The quantitative estimate of drug-likeness (QED) is 0.328. The molecule has 0 bridgehead atoms. The number of hydrogen-bond donors (Lipinski definition) is 0. The lowest BCUT2D eigenvalue weighted by Gasteiger charge is -2.28. The first kappa shape index (κ1) is 26.1. The summed E-state index contributed by atoms with van der Waals surface area (Å²) in [6.45, 7) is -0.409. The maximum Gasteiger partial charge on any atom is 0.416 e. The second kappa shape index (κ2) is 9.15. The van der Waals surface area contributed by atoms with Crippen molar-refractivity contribution in [3.05, 3.63) is 88.2 Å². The Morgan fingerprint density at radius 3 is 2.31 bits per heavy atom. The largest absolute Gasteiger partial charge is 0.489 e. The van der Waals surface area contributed by atoms with Gasteiger partial charge in [-0.2, -0.15) is 26.3 Å². The molecule has 0 spiro atoms. The van der Waals surface area contributed by atoms with E-state index in [2.05, 4.69) is 0 Å². The van der Waals surface area contributed by atoms with Crippen LogP contribution in [0, 0.1) is 5.82 Å². The van der Waals surface area contributed by atoms with E-state index in [0.29, 0.717) is 6.07 Å². The summed E-state index contributed by atoms with van der Waals surface area (Å²) in [6, 6.07) is 7.33. The number of benzene rings is 3. The molecule has 0 fully saturated rings. The average Bonchev–Trinajstić information content (AvgIpc) is 3.19. The Morgan fingerprint density at radius 1 is 0.972 bits per heavy atom. The van der Waals surface area contributed by atoms with Crippen molar-refractivity contribution >= 4 is 27.3 Å². The number of fused-ring (bicyclic) bond motifs is 1. The summed E-state index contributed by atoms with van der Waals surface area (Å²) in [5.41, 5.74) is -1.78. The zero-order chi connectivity index (χ0) is 26.5. The van der Waals surface area contributed by atoms with E-state index in [0.717, 1.165) is 24.3 Å². The summed E-state index contributed by atoms with van der Waals surface area (Å²) in [5.74, 6) is -0.783. The van der Waals surface area contributed by atoms with Gasteiger partial charge >= 0.3 is 12.4 Å². The number of sulfonamides is 1. The van der Waals surface area contributed by atoms with E-state index in [1.54, 1.807) is 0 Å². The predicted molar refractivity (Wildman–Crippen MR) is 117 cm³/mol. The lowest BCUT2D eigenvalue weighted by atomic mass is 10.1. The summed E-state index contributed by atoms with van der Waals surface area (Å²) in [7, 11) is -5.09. The zero-order valence-electron chi connectivity index (χ0n) is 17.9. The Balaban J connectivity index is 1.75. The van der Waals surface area contributed by atoms with Crippen LogP contribution in [0.4, 0.5) is 36.4 Å². The molecule has 13 heteroatoms. The third-order valence-electron chi connectivity index (χ3n) is 5.53. The van der Waals surface area contributed by atoms with Crippen molar-refractivity contribution in [3.8, 4) is 5.75 Å². The molecule has 0 N–H and O–H groups in total.